The molecule has 3 N–H and O–H groups in total. The fraction of sp³-hybridized carbons (Fsp3) is 0.385. The van der Waals surface area contributed by atoms with Crippen LogP contribution in [0.1, 0.15) is 21.7 Å². The molecule has 0 aromatic carbocycles. The zero-order valence-corrected chi connectivity index (χ0v) is 15.0. The van der Waals surface area contributed by atoms with E-state index in [1.807, 2.05) is 16.9 Å². The number of hydrogen-bond acceptors (Lipinski definition) is 4. The van der Waals surface area contributed by atoms with Crippen LogP contribution in [-0.4, -0.2) is 34.5 Å². The van der Waals surface area contributed by atoms with Crippen molar-refractivity contribution in [3.8, 4) is 5.13 Å². The molecule has 0 aliphatic carbocycles. The van der Waals surface area contributed by atoms with Gasteiger partial charge in [-0.25, -0.2) is 13.8 Å². The Morgan fingerprint density at radius 3 is 2.61 bits per heavy atom. The van der Waals surface area contributed by atoms with Gasteiger partial charge in [-0.15, -0.1) is 36.2 Å². The lowest BCUT2D eigenvalue weighted by molar-refractivity contribution is 0.0118. The summed E-state index contributed by atoms with van der Waals surface area (Å²) in [4.78, 5) is 16.2. The Morgan fingerprint density at radius 1 is 1.43 bits per heavy atom. The lowest BCUT2D eigenvalue weighted by atomic mass is 10.2. The lowest BCUT2D eigenvalue weighted by Crippen LogP contribution is -2.41. The molecule has 10 heteroatoms. The van der Waals surface area contributed by atoms with E-state index in [2.05, 4.69) is 10.3 Å². The van der Waals surface area contributed by atoms with E-state index >= 15 is 0 Å². The van der Waals surface area contributed by atoms with Gasteiger partial charge in [0.2, 0.25) is 0 Å². The van der Waals surface area contributed by atoms with E-state index in [4.69, 9.17) is 5.73 Å². The molecule has 130 valence electrons. The molecule has 0 atom stereocenters. The van der Waals surface area contributed by atoms with E-state index < -0.39 is 24.9 Å². The van der Waals surface area contributed by atoms with Crippen molar-refractivity contribution < 1.29 is 13.6 Å². The maximum Gasteiger partial charge on any atom is 0.277 e. The van der Waals surface area contributed by atoms with Crippen LogP contribution in [0.2, 0.25) is 0 Å². The van der Waals surface area contributed by atoms with Crippen molar-refractivity contribution in [3.63, 3.8) is 0 Å². The van der Waals surface area contributed by atoms with Gasteiger partial charge in [-0.1, -0.05) is 0 Å². The number of rotatable bonds is 5. The highest BCUT2D eigenvalue weighted by Crippen LogP contribution is 2.22. The van der Waals surface area contributed by atoms with Crippen molar-refractivity contribution >= 4 is 42.1 Å². The molecule has 23 heavy (non-hydrogen) atoms. The van der Waals surface area contributed by atoms with Crippen molar-refractivity contribution in [2.24, 2.45) is 5.73 Å². The molecule has 0 radical (unpaired) electrons. The molecule has 0 saturated heterocycles. The Hall–Kier alpha value is -1.22. The zero-order chi connectivity index (χ0) is 15.6. The number of thiazole rings is 1. The summed E-state index contributed by atoms with van der Waals surface area (Å²) >= 11 is 1.43. The van der Waals surface area contributed by atoms with Gasteiger partial charge in [0.05, 0.1) is 18.7 Å². The standard InChI is InChI=1S/C13H16F2N4OS.2ClH/c1-8-5-10(11(20)18-7-13(14,15)6-16)9(2)19(8)12-17-3-4-21-12;;/h3-5H,6-7,16H2,1-2H3,(H,18,20);2*1H. The average Bonchev–Trinajstić information content (AvgIpc) is 3.04. The van der Waals surface area contributed by atoms with Crippen molar-refractivity contribution in [1.29, 1.82) is 0 Å². The second kappa shape index (κ2) is 8.58. The summed E-state index contributed by atoms with van der Waals surface area (Å²) in [5, 5.41) is 4.78. The van der Waals surface area contributed by atoms with E-state index in [1.54, 1.807) is 19.2 Å². The van der Waals surface area contributed by atoms with Crippen LogP contribution in [0.3, 0.4) is 0 Å². The molecule has 0 aliphatic rings. The van der Waals surface area contributed by atoms with Gasteiger partial charge in [-0.3, -0.25) is 9.36 Å². The summed E-state index contributed by atoms with van der Waals surface area (Å²) in [5.74, 6) is -3.64. The Bertz CT molecular complexity index is 647. The smallest absolute Gasteiger partial charge is 0.277 e. The number of amides is 1. The number of carbonyl (C=O) groups is 1. The Labute approximate surface area is 149 Å². The first-order valence-electron chi connectivity index (χ1n) is 6.30. The first-order chi connectivity index (χ1) is 9.85. The number of hydrogen-bond donors (Lipinski definition) is 2. The predicted octanol–water partition coefficient (Wildman–Crippen LogP) is 2.72. The third kappa shape index (κ3) is 4.87. The molecule has 2 heterocycles. The van der Waals surface area contributed by atoms with Gasteiger partial charge in [0.15, 0.2) is 5.13 Å². The van der Waals surface area contributed by atoms with Gasteiger partial charge in [0.1, 0.15) is 0 Å². The summed E-state index contributed by atoms with van der Waals surface area (Å²) in [7, 11) is 0. The van der Waals surface area contributed by atoms with Crippen LogP contribution < -0.4 is 11.1 Å². The number of nitrogens with two attached hydrogens (primary N) is 1. The fourth-order valence-electron chi connectivity index (χ4n) is 1.99. The molecule has 2 aromatic heterocycles. The molecule has 0 bridgehead atoms. The maximum absolute atomic E-state index is 13.1. The number of nitrogens with zero attached hydrogens (tertiary/aromatic N) is 2. The molecule has 0 spiro atoms. The largest absolute Gasteiger partial charge is 0.346 e. The number of alkyl halides is 2. The Balaban J connectivity index is 0.00000242. The SMILES string of the molecule is Cc1cc(C(=O)NCC(F)(F)CN)c(C)n1-c1nccs1.Cl.Cl. The number of carbonyl (C=O) groups excluding carboxylic acids is 1. The van der Waals surface area contributed by atoms with Crippen molar-refractivity contribution in [1.82, 2.24) is 14.9 Å². The Morgan fingerprint density at radius 2 is 2.09 bits per heavy atom. The first-order valence-corrected chi connectivity index (χ1v) is 7.18. The van der Waals surface area contributed by atoms with Crippen LogP contribution in [0, 0.1) is 13.8 Å². The lowest BCUT2D eigenvalue weighted by Gasteiger charge is -2.14. The van der Waals surface area contributed by atoms with Gasteiger partial charge in [0.25, 0.3) is 11.8 Å². The maximum atomic E-state index is 13.1. The van der Waals surface area contributed by atoms with E-state index in [-0.39, 0.29) is 24.8 Å². The number of aryl methyl sites for hydroxylation is 1. The van der Waals surface area contributed by atoms with E-state index in [0.717, 1.165) is 10.8 Å². The fourth-order valence-corrected chi connectivity index (χ4v) is 2.74. The van der Waals surface area contributed by atoms with Crippen LogP contribution in [0.5, 0.6) is 0 Å². The van der Waals surface area contributed by atoms with Gasteiger partial charge in [0, 0.05) is 23.0 Å². The molecule has 2 aromatic rings. The van der Waals surface area contributed by atoms with Crippen LogP contribution in [-0.2, 0) is 0 Å². The second-order valence-electron chi connectivity index (χ2n) is 4.68. The number of halogens is 4. The minimum atomic E-state index is -3.10. The van der Waals surface area contributed by atoms with Gasteiger partial charge >= 0.3 is 0 Å². The molecule has 1 amide bonds. The van der Waals surface area contributed by atoms with Gasteiger partial charge < -0.3 is 11.1 Å². The summed E-state index contributed by atoms with van der Waals surface area (Å²) in [6.45, 7) is 2.01. The summed E-state index contributed by atoms with van der Waals surface area (Å²) in [5.41, 5.74) is 6.78. The molecular weight excluding hydrogens is 369 g/mol. The molecular formula is C13H18Cl2F2N4OS. The van der Waals surface area contributed by atoms with Crippen molar-refractivity contribution in [2.75, 3.05) is 13.1 Å². The highest BCUT2D eigenvalue weighted by Gasteiger charge is 2.28. The Kier molecular flexibility index (Phi) is 8.13. The number of nitrogens with one attached hydrogen (secondary N) is 1. The van der Waals surface area contributed by atoms with Crippen LogP contribution in [0.25, 0.3) is 5.13 Å². The molecule has 5 nitrogen and oxygen atoms in total. The highest BCUT2D eigenvalue weighted by molar-refractivity contribution is 7.12. The molecule has 0 fully saturated rings. The molecule has 2 rings (SSSR count). The van der Waals surface area contributed by atoms with E-state index in [9.17, 15) is 13.6 Å². The van der Waals surface area contributed by atoms with Gasteiger partial charge in [-0.05, 0) is 19.9 Å². The topological polar surface area (TPSA) is 72.9 Å². The zero-order valence-electron chi connectivity index (χ0n) is 12.5. The van der Waals surface area contributed by atoms with Crippen LogP contribution in [0.15, 0.2) is 17.6 Å². The van der Waals surface area contributed by atoms with Crippen molar-refractivity contribution in [2.45, 2.75) is 19.8 Å². The molecule has 0 aliphatic heterocycles. The van der Waals surface area contributed by atoms with Crippen LogP contribution in [0.4, 0.5) is 8.78 Å². The normalized spacial score (nSPS) is 10.7. The summed E-state index contributed by atoms with van der Waals surface area (Å²) in [6, 6.07) is 1.66. The monoisotopic (exact) mass is 386 g/mol. The van der Waals surface area contributed by atoms with Crippen molar-refractivity contribution in [3.05, 3.63) is 34.6 Å². The minimum absolute atomic E-state index is 0. The third-order valence-corrected chi connectivity index (χ3v) is 3.85. The quantitative estimate of drug-likeness (QED) is 0.829. The highest BCUT2D eigenvalue weighted by atomic mass is 35.5. The van der Waals surface area contributed by atoms with E-state index in [0.29, 0.717) is 11.3 Å². The molecule has 0 unspecified atom stereocenters. The third-order valence-electron chi connectivity index (χ3n) is 3.09. The van der Waals surface area contributed by atoms with Gasteiger partial charge in [-0.2, -0.15) is 0 Å². The summed E-state index contributed by atoms with van der Waals surface area (Å²) in [6.07, 6.45) is 1.67. The predicted molar refractivity (Wildman–Crippen MR) is 91.7 cm³/mol. The average molecular weight is 387 g/mol. The minimum Gasteiger partial charge on any atom is -0.346 e. The van der Waals surface area contributed by atoms with Crippen LogP contribution >= 0.6 is 36.2 Å². The molecule has 0 saturated carbocycles. The first kappa shape index (κ1) is 21.8. The summed E-state index contributed by atoms with van der Waals surface area (Å²) < 4.78 is 28.0. The number of aromatic nitrogens is 2. The van der Waals surface area contributed by atoms with E-state index in [1.165, 1.54) is 11.3 Å². The second-order valence-corrected chi connectivity index (χ2v) is 5.55.